The first kappa shape index (κ1) is 17.1. The van der Waals surface area contributed by atoms with Gasteiger partial charge in [0.15, 0.2) is 5.76 Å². The van der Waals surface area contributed by atoms with E-state index in [2.05, 4.69) is 35.0 Å². The van der Waals surface area contributed by atoms with Gasteiger partial charge < -0.3 is 14.3 Å². The fraction of sp³-hybridized carbons (Fsp3) is 0.182. The van der Waals surface area contributed by atoms with Crippen LogP contribution in [0.2, 0.25) is 0 Å². The minimum absolute atomic E-state index is 0.148. The molecule has 0 fully saturated rings. The molecule has 0 spiro atoms. The zero-order valence-electron chi connectivity index (χ0n) is 15.1. The number of nitrogens with zero attached hydrogens (tertiary/aromatic N) is 2. The van der Waals surface area contributed by atoms with Crippen molar-refractivity contribution >= 4 is 16.9 Å². The number of furan rings is 1. The Bertz CT molecular complexity index is 1040. The van der Waals surface area contributed by atoms with Crippen molar-refractivity contribution in [2.45, 2.75) is 19.4 Å². The molecule has 136 valence electrons. The third-order valence-corrected chi connectivity index (χ3v) is 4.72. The normalized spacial score (nSPS) is 12.2. The fourth-order valence-corrected chi connectivity index (χ4v) is 3.37. The van der Waals surface area contributed by atoms with E-state index < -0.39 is 0 Å². The molecule has 27 heavy (non-hydrogen) atoms. The lowest BCUT2D eigenvalue weighted by atomic mass is 10.1. The number of aromatic nitrogens is 2. The number of benzene rings is 2. The highest BCUT2D eigenvalue weighted by atomic mass is 16.3. The largest absolute Gasteiger partial charge is 0.459 e. The Morgan fingerprint density at radius 2 is 1.85 bits per heavy atom. The van der Waals surface area contributed by atoms with Crippen molar-refractivity contribution in [3.05, 3.63) is 90.1 Å². The number of fused-ring (bicyclic) bond motifs is 1. The van der Waals surface area contributed by atoms with Crippen LogP contribution in [0.25, 0.3) is 11.0 Å². The predicted octanol–water partition coefficient (Wildman–Crippen LogP) is 4.21. The van der Waals surface area contributed by atoms with E-state index in [4.69, 9.17) is 9.40 Å². The van der Waals surface area contributed by atoms with E-state index in [1.54, 1.807) is 12.1 Å². The Morgan fingerprint density at radius 1 is 1.07 bits per heavy atom. The molecule has 4 rings (SSSR count). The van der Waals surface area contributed by atoms with Gasteiger partial charge in [0.05, 0.1) is 23.3 Å². The molecule has 1 N–H and O–H groups in total. The number of rotatable bonds is 6. The van der Waals surface area contributed by atoms with Crippen LogP contribution in [0, 0.1) is 0 Å². The van der Waals surface area contributed by atoms with Crippen LogP contribution >= 0.6 is 0 Å². The standard InChI is InChI=1S/C22H21N3O2/c1-16(17-8-3-2-4-9-17)25-19-11-6-5-10-18(19)24-21(25)13-14-23-22(26)20-12-7-15-27-20/h2-12,15-16H,13-14H2,1H3,(H,23,26)/t16-/m1/s1. The summed E-state index contributed by atoms with van der Waals surface area (Å²) in [7, 11) is 0. The second-order valence-electron chi connectivity index (χ2n) is 6.46. The topological polar surface area (TPSA) is 60.1 Å². The van der Waals surface area contributed by atoms with Crippen molar-refractivity contribution in [3.8, 4) is 0 Å². The quantitative estimate of drug-likeness (QED) is 0.561. The molecule has 0 radical (unpaired) electrons. The number of nitrogens with one attached hydrogen (secondary N) is 1. The van der Waals surface area contributed by atoms with Gasteiger partial charge in [-0.15, -0.1) is 0 Å². The number of carbonyl (C=O) groups excluding carboxylic acids is 1. The summed E-state index contributed by atoms with van der Waals surface area (Å²) in [6.07, 6.45) is 2.13. The first-order valence-electron chi connectivity index (χ1n) is 9.06. The molecule has 2 heterocycles. The van der Waals surface area contributed by atoms with Gasteiger partial charge in [0.2, 0.25) is 0 Å². The van der Waals surface area contributed by atoms with Crippen molar-refractivity contribution in [3.63, 3.8) is 0 Å². The average Bonchev–Trinajstić information content (AvgIpc) is 3.36. The van der Waals surface area contributed by atoms with Crippen LogP contribution < -0.4 is 5.32 Å². The Morgan fingerprint density at radius 3 is 2.63 bits per heavy atom. The lowest BCUT2D eigenvalue weighted by Gasteiger charge is -2.18. The summed E-state index contributed by atoms with van der Waals surface area (Å²) < 4.78 is 7.39. The van der Waals surface area contributed by atoms with Gasteiger partial charge in [-0.2, -0.15) is 0 Å². The monoisotopic (exact) mass is 359 g/mol. The molecule has 0 aliphatic heterocycles. The predicted molar refractivity (Wildman–Crippen MR) is 105 cm³/mol. The van der Waals surface area contributed by atoms with Crippen molar-refractivity contribution < 1.29 is 9.21 Å². The van der Waals surface area contributed by atoms with Gasteiger partial charge in [0.1, 0.15) is 5.82 Å². The Balaban J connectivity index is 1.59. The molecular formula is C22H21N3O2. The summed E-state index contributed by atoms with van der Waals surface area (Å²) in [4.78, 5) is 16.9. The number of para-hydroxylation sites is 2. The third kappa shape index (κ3) is 3.49. The Labute approximate surface area is 157 Å². The number of hydrogen-bond acceptors (Lipinski definition) is 3. The molecule has 2 aromatic carbocycles. The van der Waals surface area contributed by atoms with Gasteiger partial charge in [-0.25, -0.2) is 4.98 Å². The molecule has 5 heteroatoms. The minimum atomic E-state index is -0.209. The van der Waals surface area contributed by atoms with Gasteiger partial charge in [0, 0.05) is 13.0 Å². The van der Waals surface area contributed by atoms with Crippen LogP contribution in [0.5, 0.6) is 0 Å². The summed E-state index contributed by atoms with van der Waals surface area (Å²) in [6, 6.07) is 22.0. The highest BCUT2D eigenvalue weighted by Gasteiger charge is 2.17. The minimum Gasteiger partial charge on any atom is -0.459 e. The van der Waals surface area contributed by atoms with E-state index in [1.807, 2.05) is 36.4 Å². The van der Waals surface area contributed by atoms with Gasteiger partial charge in [-0.3, -0.25) is 4.79 Å². The molecule has 2 aromatic heterocycles. The van der Waals surface area contributed by atoms with Crippen molar-refractivity contribution in [2.75, 3.05) is 6.54 Å². The lowest BCUT2D eigenvalue weighted by molar-refractivity contribution is 0.0926. The summed E-state index contributed by atoms with van der Waals surface area (Å²) in [5.41, 5.74) is 3.29. The van der Waals surface area contributed by atoms with Gasteiger partial charge in [0.25, 0.3) is 5.91 Å². The number of amides is 1. The summed E-state index contributed by atoms with van der Waals surface area (Å²) in [6.45, 7) is 2.67. The number of hydrogen-bond donors (Lipinski definition) is 1. The lowest BCUT2D eigenvalue weighted by Crippen LogP contribution is -2.26. The number of carbonyl (C=O) groups is 1. The Kier molecular flexibility index (Phi) is 4.75. The third-order valence-electron chi connectivity index (χ3n) is 4.72. The van der Waals surface area contributed by atoms with Crippen LogP contribution in [0.3, 0.4) is 0 Å². The maximum absolute atomic E-state index is 12.1. The van der Waals surface area contributed by atoms with Crippen LogP contribution in [0.15, 0.2) is 77.4 Å². The van der Waals surface area contributed by atoms with Crippen LogP contribution in [0.1, 0.15) is 34.9 Å². The zero-order chi connectivity index (χ0) is 18.6. The van der Waals surface area contributed by atoms with Gasteiger partial charge >= 0.3 is 0 Å². The molecule has 0 aliphatic rings. The maximum Gasteiger partial charge on any atom is 0.286 e. The van der Waals surface area contributed by atoms with E-state index >= 15 is 0 Å². The smallest absolute Gasteiger partial charge is 0.286 e. The van der Waals surface area contributed by atoms with Gasteiger partial charge in [-0.05, 0) is 36.8 Å². The first-order valence-corrected chi connectivity index (χ1v) is 9.06. The van der Waals surface area contributed by atoms with E-state index in [0.717, 1.165) is 16.9 Å². The van der Waals surface area contributed by atoms with E-state index in [0.29, 0.717) is 18.7 Å². The summed E-state index contributed by atoms with van der Waals surface area (Å²) >= 11 is 0. The average molecular weight is 359 g/mol. The maximum atomic E-state index is 12.1. The van der Waals surface area contributed by atoms with Crippen molar-refractivity contribution in [1.29, 1.82) is 0 Å². The number of imidazole rings is 1. The molecule has 0 saturated carbocycles. The summed E-state index contributed by atoms with van der Waals surface area (Å²) in [5, 5.41) is 2.90. The second-order valence-corrected chi connectivity index (χ2v) is 6.46. The Hall–Kier alpha value is -3.34. The van der Waals surface area contributed by atoms with Crippen LogP contribution in [-0.2, 0) is 6.42 Å². The zero-order valence-corrected chi connectivity index (χ0v) is 15.1. The molecular weight excluding hydrogens is 338 g/mol. The van der Waals surface area contributed by atoms with Crippen LogP contribution in [0.4, 0.5) is 0 Å². The SMILES string of the molecule is C[C@H](c1ccccc1)n1c(CCNC(=O)c2ccco2)nc2ccccc21. The molecule has 0 bridgehead atoms. The molecule has 5 nitrogen and oxygen atoms in total. The molecule has 1 atom stereocenters. The molecule has 4 aromatic rings. The molecule has 0 unspecified atom stereocenters. The highest BCUT2D eigenvalue weighted by molar-refractivity contribution is 5.91. The molecule has 1 amide bonds. The molecule has 0 aliphatic carbocycles. The van der Waals surface area contributed by atoms with E-state index in [1.165, 1.54) is 11.8 Å². The first-order chi connectivity index (χ1) is 13.2. The van der Waals surface area contributed by atoms with Gasteiger partial charge in [-0.1, -0.05) is 42.5 Å². The highest BCUT2D eigenvalue weighted by Crippen LogP contribution is 2.26. The fourth-order valence-electron chi connectivity index (χ4n) is 3.37. The van der Waals surface area contributed by atoms with Crippen LogP contribution in [-0.4, -0.2) is 22.0 Å². The summed E-state index contributed by atoms with van der Waals surface area (Å²) in [5.74, 6) is 1.06. The van der Waals surface area contributed by atoms with E-state index in [-0.39, 0.29) is 11.9 Å². The molecule has 0 saturated heterocycles. The van der Waals surface area contributed by atoms with Crippen molar-refractivity contribution in [2.24, 2.45) is 0 Å². The second kappa shape index (κ2) is 7.50. The van der Waals surface area contributed by atoms with E-state index in [9.17, 15) is 4.79 Å². The van der Waals surface area contributed by atoms with Crippen molar-refractivity contribution in [1.82, 2.24) is 14.9 Å².